The number of fused-ring (bicyclic) bond motifs is 2. The average Bonchev–Trinajstić information content (AvgIpc) is 2.64. The van der Waals surface area contributed by atoms with Gasteiger partial charge in [-0.2, -0.15) is 0 Å². The molecular formula is C15H18N2O3. The third-order valence-corrected chi connectivity index (χ3v) is 3.64. The van der Waals surface area contributed by atoms with Crippen LogP contribution < -0.4 is 0 Å². The first-order valence-corrected chi connectivity index (χ1v) is 6.98. The lowest BCUT2D eigenvalue weighted by Gasteiger charge is -2.18. The van der Waals surface area contributed by atoms with E-state index in [-0.39, 0.29) is 6.09 Å². The van der Waals surface area contributed by atoms with E-state index in [0.717, 1.165) is 23.9 Å². The number of carbonyl (C=O) groups is 1. The largest absolute Gasteiger partial charge is 0.450 e. The van der Waals surface area contributed by atoms with Gasteiger partial charge in [0.25, 0.3) is 0 Å². The van der Waals surface area contributed by atoms with Crippen molar-refractivity contribution < 1.29 is 13.9 Å². The zero-order valence-electron chi connectivity index (χ0n) is 11.8. The van der Waals surface area contributed by atoms with Crippen LogP contribution in [0.4, 0.5) is 4.79 Å². The lowest BCUT2D eigenvalue weighted by atomic mass is 10.0. The number of carbonyl (C=O) groups excluding carboxylic acids is 1. The van der Waals surface area contributed by atoms with Gasteiger partial charge in [-0.05, 0) is 43.0 Å². The van der Waals surface area contributed by atoms with Gasteiger partial charge in [0.1, 0.15) is 5.52 Å². The van der Waals surface area contributed by atoms with Gasteiger partial charge in [-0.25, -0.2) is 9.78 Å². The number of amides is 1. The van der Waals surface area contributed by atoms with Crippen molar-refractivity contribution in [3.63, 3.8) is 0 Å². The Morgan fingerprint density at radius 1 is 1.35 bits per heavy atom. The smallest absolute Gasteiger partial charge is 0.409 e. The van der Waals surface area contributed by atoms with Gasteiger partial charge in [0.15, 0.2) is 11.5 Å². The molecule has 0 fully saturated rings. The molecule has 5 nitrogen and oxygen atoms in total. The molecular weight excluding hydrogens is 256 g/mol. The monoisotopic (exact) mass is 274 g/mol. The second kappa shape index (κ2) is 5.15. The van der Waals surface area contributed by atoms with Gasteiger partial charge >= 0.3 is 6.09 Å². The van der Waals surface area contributed by atoms with E-state index in [9.17, 15) is 4.79 Å². The number of aromatic nitrogens is 1. The van der Waals surface area contributed by atoms with E-state index in [0.29, 0.717) is 25.6 Å². The Morgan fingerprint density at radius 2 is 2.05 bits per heavy atom. The second-order valence-corrected chi connectivity index (χ2v) is 5.01. The molecule has 0 N–H and O–H groups in total. The first-order chi connectivity index (χ1) is 9.67. The Hall–Kier alpha value is -2.04. The molecule has 2 heterocycles. The normalized spacial score (nSPS) is 15.0. The highest BCUT2D eigenvalue weighted by Crippen LogP contribution is 2.24. The van der Waals surface area contributed by atoms with Crippen molar-refractivity contribution in [2.75, 3.05) is 19.7 Å². The minimum absolute atomic E-state index is 0.224. The lowest BCUT2D eigenvalue weighted by molar-refractivity contribution is 0.109. The highest BCUT2D eigenvalue weighted by molar-refractivity contribution is 5.75. The van der Waals surface area contributed by atoms with Crippen molar-refractivity contribution in [3.8, 4) is 0 Å². The molecule has 0 aliphatic carbocycles. The number of ether oxygens (including phenoxy) is 1. The predicted molar refractivity (Wildman–Crippen MR) is 74.7 cm³/mol. The molecule has 5 heteroatoms. The molecule has 0 saturated carbocycles. The molecule has 1 amide bonds. The van der Waals surface area contributed by atoms with Gasteiger partial charge in [0.05, 0.1) is 6.61 Å². The number of aryl methyl sites for hydroxylation is 1. The average molecular weight is 274 g/mol. The summed E-state index contributed by atoms with van der Waals surface area (Å²) in [6.45, 7) is 5.47. The van der Waals surface area contributed by atoms with Gasteiger partial charge in [0.2, 0.25) is 0 Å². The van der Waals surface area contributed by atoms with Gasteiger partial charge < -0.3 is 14.1 Å². The molecule has 2 aromatic rings. The van der Waals surface area contributed by atoms with E-state index < -0.39 is 0 Å². The minimum atomic E-state index is -0.224. The summed E-state index contributed by atoms with van der Waals surface area (Å²) in [5, 5.41) is 0. The van der Waals surface area contributed by atoms with E-state index in [1.165, 1.54) is 11.1 Å². The van der Waals surface area contributed by atoms with E-state index in [2.05, 4.69) is 17.1 Å². The van der Waals surface area contributed by atoms with Crippen LogP contribution in [0.1, 0.15) is 23.9 Å². The van der Waals surface area contributed by atoms with Crippen LogP contribution in [0, 0.1) is 6.92 Å². The molecule has 0 radical (unpaired) electrons. The van der Waals surface area contributed by atoms with Crippen molar-refractivity contribution in [1.82, 2.24) is 9.88 Å². The fourth-order valence-corrected chi connectivity index (χ4v) is 2.66. The van der Waals surface area contributed by atoms with Crippen LogP contribution in [-0.4, -0.2) is 35.7 Å². The summed E-state index contributed by atoms with van der Waals surface area (Å²) < 4.78 is 10.6. The molecule has 0 unspecified atom stereocenters. The highest BCUT2D eigenvalue weighted by Gasteiger charge is 2.20. The van der Waals surface area contributed by atoms with Gasteiger partial charge in [-0.3, -0.25) is 0 Å². The summed E-state index contributed by atoms with van der Waals surface area (Å²) in [7, 11) is 0. The molecule has 1 aromatic carbocycles. The van der Waals surface area contributed by atoms with E-state index in [1.807, 2.05) is 13.8 Å². The predicted octanol–water partition coefficient (Wildman–Crippen LogP) is 2.69. The molecule has 20 heavy (non-hydrogen) atoms. The minimum Gasteiger partial charge on any atom is -0.450 e. The number of rotatable bonds is 1. The van der Waals surface area contributed by atoms with Crippen LogP contribution in [0.3, 0.4) is 0 Å². The first kappa shape index (κ1) is 13.0. The van der Waals surface area contributed by atoms with Gasteiger partial charge in [0, 0.05) is 20.0 Å². The number of hydrogen-bond acceptors (Lipinski definition) is 4. The maximum atomic E-state index is 11.8. The van der Waals surface area contributed by atoms with Crippen LogP contribution in [0.15, 0.2) is 16.5 Å². The Balaban J connectivity index is 1.85. The fourth-order valence-electron chi connectivity index (χ4n) is 2.66. The summed E-state index contributed by atoms with van der Waals surface area (Å²) in [6, 6.07) is 4.13. The van der Waals surface area contributed by atoms with Crippen molar-refractivity contribution in [3.05, 3.63) is 29.2 Å². The molecule has 0 bridgehead atoms. The van der Waals surface area contributed by atoms with Crippen molar-refractivity contribution in [1.29, 1.82) is 0 Å². The van der Waals surface area contributed by atoms with Crippen molar-refractivity contribution >= 4 is 17.2 Å². The maximum absolute atomic E-state index is 11.8. The first-order valence-electron chi connectivity index (χ1n) is 6.98. The van der Waals surface area contributed by atoms with Gasteiger partial charge in [-0.1, -0.05) is 0 Å². The molecule has 3 rings (SSSR count). The number of nitrogens with zero attached hydrogens (tertiary/aromatic N) is 2. The zero-order valence-corrected chi connectivity index (χ0v) is 11.8. The third kappa shape index (κ3) is 2.35. The molecule has 0 saturated heterocycles. The van der Waals surface area contributed by atoms with Crippen LogP contribution in [0.2, 0.25) is 0 Å². The molecule has 1 aliphatic rings. The molecule has 106 valence electrons. The molecule has 1 aromatic heterocycles. The summed E-state index contributed by atoms with van der Waals surface area (Å²) in [4.78, 5) is 17.9. The maximum Gasteiger partial charge on any atom is 0.409 e. The Labute approximate surface area is 117 Å². The third-order valence-electron chi connectivity index (χ3n) is 3.64. The fraction of sp³-hybridized carbons (Fsp3) is 0.467. The Bertz CT molecular complexity index is 603. The van der Waals surface area contributed by atoms with Crippen molar-refractivity contribution in [2.45, 2.75) is 26.7 Å². The van der Waals surface area contributed by atoms with Crippen LogP contribution in [-0.2, 0) is 17.6 Å². The number of benzene rings is 1. The van der Waals surface area contributed by atoms with Gasteiger partial charge in [-0.15, -0.1) is 0 Å². The van der Waals surface area contributed by atoms with E-state index in [4.69, 9.17) is 9.15 Å². The SMILES string of the molecule is CCOC(=O)N1CCc2cc3nc(C)oc3cc2CC1. The number of oxazole rings is 1. The molecule has 1 aliphatic heterocycles. The quantitative estimate of drug-likeness (QED) is 0.802. The molecule has 0 spiro atoms. The standard InChI is InChI=1S/C15H18N2O3/c1-3-19-15(18)17-6-4-11-8-13-14(20-10(2)16-13)9-12(11)5-7-17/h8-9H,3-7H2,1-2H3. The summed E-state index contributed by atoms with van der Waals surface area (Å²) in [5.74, 6) is 0.688. The van der Waals surface area contributed by atoms with Crippen LogP contribution >= 0.6 is 0 Å². The topological polar surface area (TPSA) is 55.6 Å². The zero-order chi connectivity index (χ0) is 14.1. The Kier molecular flexibility index (Phi) is 3.34. The second-order valence-electron chi connectivity index (χ2n) is 5.01. The lowest BCUT2D eigenvalue weighted by Crippen LogP contribution is -2.33. The highest BCUT2D eigenvalue weighted by atomic mass is 16.6. The summed E-state index contributed by atoms with van der Waals surface area (Å²) >= 11 is 0. The Morgan fingerprint density at radius 3 is 2.75 bits per heavy atom. The van der Waals surface area contributed by atoms with Crippen LogP contribution in [0.5, 0.6) is 0 Å². The van der Waals surface area contributed by atoms with Crippen molar-refractivity contribution in [2.24, 2.45) is 0 Å². The number of hydrogen-bond donors (Lipinski definition) is 0. The van der Waals surface area contributed by atoms with Crippen LogP contribution in [0.25, 0.3) is 11.1 Å². The van der Waals surface area contributed by atoms with E-state index >= 15 is 0 Å². The van der Waals surface area contributed by atoms with E-state index in [1.54, 1.807) is 4.90 Å². The summed E-state index contributed by atoms with van der Waals surface area (Å²) in [6.07, 6.45) is 1.43. The molecule has 0 atom stereocenters. The summed E-state index contributed by atoms with van der Waals surface area (Å²) in [5.41, 5.74) is 4.20.